The summed E-state index contributed by atoms with van der Waals surface area (Å²) in [5.74, 6) is 0.162. The lowest BCUT2D eigenvalue weighted by Crippen LogP contribution is -2.31. The van der Waals surface area contributed by atoms with Gasteiger partial charge in [0.15, 0.2) is 16.8 Å². The highest BCUT2D eigenvalue weighted by Gasteiger charge is 2.43. The molecule has 120 valence electrons. The van der Waals surface area contributed by atoms with Crippen molar-refractivity contribution in [2.24, 2.45) is 0 Å². The van der Waals surface area contributed by atoms with Crippen LogP contribution in [0.4, 0.5) is 5.95 Å². The number of nitrogens with zero attached hydrogens (tertiary/aromatic N) is 3. The number of hydrogen-bond acceptors (Lipinski definition) is 7. The van der Waals surface area contributed by atoms with E-state index >= 15 is 0 Å². The minimum atomic E-state index is -1.05. The van der Waals surface area contributed by atoms with E-state index in [-0.39, 0.29) is 10.6 Å². The van der Waals surface area contributed by atoms with E-state index in [1.807, 2.05) is 0 Å². The topological polar surface area (TPSA) is 122 Å². The smallest absolute Gasteiger partial charge is 0.200 e. The van der Waals surface area contributed by atoms with Crippen LogP contribution in [0.25, 0.3) is 11.2 Å². The van der Waals surface area contributed by atoms with Gasteiger partial charge in [0, 0.05) is 0 Å². The van der Waals surface area contributed by atoms with Crippen LogP contribution in [0.1, 0.15) is 32.4 Å². The molecule has 9 heteroatoms. The van der Waals surface area contributed by atoms with Crippen LogP contribution in [-0.4, -0.2) is 48.0 Å². The fraction of sp³-hybridized carbons (Fsp3) is 0.615. The number of hydrogen-bond donors (Lipinski definition) is 4. The van der Waals surface area contributed by atoms with E-state index in [1.165, 1.54) is 6.33 Å². The van der Waals surface area contributed by atoms with E-state index in [4.69, 9.17) is 22.7 Å². The number of aliphatic hydroxyl groups is 2. The predicted octanol–water partition coefficient (Wildman–Crippen LogP) is 0.880. The molecule has 0 bridgehead atoms. The van der Waals surface area contributed by atoms with Crippen molar-refractivity contribution in [2.45, 2.75) is 50.7 Å². The van der Waals surface area contributed by atoms with Gasteiger partial charge in [0.25, 0.3) is 0 Å². The Hall–Kier alpha value is -1.55. The molecule has 2 unspecified atom stereocenters. The lowest BCUT2D eigenvalue weighted by atomic mass is 10.1. The van der Waals surface area contributed by atoms with Crippen molar-refractivity contribution in [3.63, 3.8) is 0 Å². The zero-order chi connectivity index (χ0) is 15.9. The first-order valence-electron chi connectivity index (χ1n) is 7.26. The summed E-state index contributed by atoms with van der Waals surface area (Å²) >= 11 is 5.12. The van der Waals surface area contributed by atoms with Gasteiger partial charge in [-0.25, -0.2) is 9.97 Å². The molecule has 2 aromatic rings. The van der Waals surface area contributed by atoms with Gasteiger partial charge in [-0.05, 0) is 6.42 Å². The van der Waals surface area contributed by atoms with Gasteiger partial charge in [-0.3, -0.25) is 4.57 Å². The number of rotatable bonds is 4. The average molecular weight is 325 g/mol. The highest BCUT2D eigenvalue weighted by molar-refractivity contribution is 7.71. The number of H-pyrrole nitrogens is 1. The highest BCUT2D eigenvalue weighted by Crippen LogP contribution is 2.33. The third kappa shape index (κ3) is 2.50. The normalized spacial score (nSPS) is 28.5. The quantitative estimate of drug-likeness (QED) is 0.615. The first kappa shape index (κ1) is 15.3. The predicted molar refractivity (Wildman–Crippen MR) is 82.6 cm³/mol. The molecule has 0 aliphatic carbocycles. The molecule has 22 heavy (non-hydrogen) atoms. The van der Waals surface area contributed by atoms with Gasteiger partial charge < -0.3 is 25.7 Å². The number of nitrogen functional groups attached to an aromatic ring is 1. The third-order valence-electron chi connectivity index (χ3n) is 3.92. The first-order valence-corrected chi connectivity index (χ1v) is 7.67. The Morgan fingerprint density at radius 1 is 1.45 bits per heavy atom. The average Bonchev–Trinajstić information content (AvgIpc) is 3.00. The maximum Gasteiger partial charge on any atom is 0.200 e. The molecule has 1 aliphatic heterocycles. The minimum Gasteiger partial charge on any atom is -0.388 e. The van der Waals surface area contributed by atoms with E-state index in [0.717, 1.165) is 12.8 Å². The second-order valence-electron chi connectivity index (χ2n) is 5.46. The van der Waals surface area contributed by atoms with Crippen molar-refractivity contribution >= 4 is 29.3 Å². The second kappa shape index (κ2) is 5.92. The Morgan fingerprint density at radius 3 is 2.95 bits per heavy atom. The van der Waals surface area contributed by atoms with Crippen LogP contribution in [-0.2, 0) is 4.74 Å². The van der Waals surface area contributed by atoms with Gasteiger partial charge in [-0.2, -0.15) is 0 Å². The number of ether oxygens (including phenoxy) is 1. The summed E-state index contributed by atoms with van der Waals surface area (Å²) in [5.41, 5.74) is 6.68. The van der Waals surface area contributed by atoms with Crippen LogP contribution in [0.15, 0.2) is 6.33 Å². The maximum absolute atomic E-state index is 10.3. The molecule has 0 amide bonds. The van der Waals surface area contributed by atoms with Crippen molar-refractivity contribution in [3.05, 3.63) is 11.0 Å². The maximum atomic E-state index is 10.3. The van der Waals surface area contributed by atoms with Crippen LogP contribution < -0.4 is 5.73 Å². The zero-order valence-electron chi connectivity index (χ0n) is 12.1. The van der Waals surface area contributed by atoms with Gasteiger partial charge in [0.05, 0.1) is 12.4 Å². The molecule has 5 N–H and O–H groups in total. The van der Waals surface area contributed by atoms with Crippen LogP contribution in [0, 0.1) is 4.64 Å². The van der Waals surface area contributed by atoms with Crippen molar-refractivity contribution in [3.8, 4) is 0 Å². The van der Waals surface area contributed by atoms with E-state index < -0.39 is 24.5 Å². The van der Waals surface area contributed by atoms with Crippen molar-refractivity contribution in [2.75, 3.05) is 5.73 Å². The van der Waals surface area contributed by atoms with Gasteiger partial charge in [-0.15, -0.1) is 0 Å². The molecule has 0 spiro atoms. The molecular weight excluding hydrogens is 306 g/mol. The van der Waals surface area contributed by atoms with Gasteiger partial charge in [0.1, 0.15) is 23.4 Å². The molecule has 1 aliphatic rings. The van der Waals surface area contributed by atoms with Gasteiger partial charge >= 0.3 is 0 Å². The SMILES string of the molecule is CCCC[C@H]1O[C@@H](n2cnc3c(=S)nc(N)[nH]c32)C(O)C1O. The summed E-state index contributed by atoms with van der Waals surface area (Å²) in [6, 6.07) is 0. The lowest BCUT2D eigenvalue weighted by Gasteiger charge is -2.16. The lowest BCUT2D eigenvalue weighted by molar-refractivity contribution is -0.0373. The van der Waals surface area contributed by atoms with Crippen molar-refractivity contribution in [1.82, 2.24) is 19.5 Å². The Kier molecular flexibility index (Phi) is 4.13. The first-order chi connectivity index (χ1) is 10.5. The molecule has 4 atom stereocenters. The fourth-order valence-corrected chi connectivity index (χ4v) is 3.00. The number of anilines is 1. The molecule has 3 rings (SSSR count). The number of aliphatic hydroxyl groups excluding tert-OH is 2. The summed E-state index contributed by atoms with van der Waals surface area (Å²) in [4.78, 5) is 11.0. The molecular formula is C13H19N5O3S. The van der Waals surface area contributed by atoms with E-state index in [0.29, 0.717) is 17.6 Å². The van der Waals surface area contributed by atoms with E-state index in [9.17, 15) is 10.2 Å². The molecule has 0 aromatic carbocycles. The fourth-order valence-electron chi connectivity index (χ4n) is 2.75. The summed E-state index contributed by atoms with van der Waals surface area (Å²) in [7, 11) is 0. The molecule has 0 saturated carbocycles. The van der Waals surface area contributed by atoms with Crippen molar-refractivity contribution < 1.29 is 14.9 Å². The standard InChI is InChI=1S/C13H19N5O3S/c1-2-3-4-6-8(19)9(20)12(21-6)18-5-15-7-10(18)16-13(14)17-11(7)22/h5-6,8-9,12,19-20H,2-4H2,1H3,(H3,14,16,17,22)/t6-,8?,9?,12-/m1/s1. The van der Waals surface area contributed by atoms with Crippen LogP contribution in [0.3, 0.4) is 0 Å². The van der Waals surface area contributed by atoms with Crippen molar-refractivity contribution in [1.29, 1.82) is 0 Å². The largest absolute Gasteiger partial charge is 0.388 e. The number of imidazole rings is 1. The highest BCUT2D eigenvalue weighted by atomic mass is 32.1. The minimum absolute atomic E-state index is 0.162. The van der Waals surface area contributed by atoms with Gasteiger partial charge in [-0.1, -0.05) is 32.0 Å². The Balaban J connectivity index is 1.96. The van der Waals surface area contributed by atoms with Crippen LogP contribution in [0.5, 0.6) is 0 Å². The van der Waals surface area contributed by atoms with E-state index in [2.05, 4.69) is 21.9 Å². The summed E-state index contributed by atoms with van der Waals surface area (Å²) in [6.07, 6.45) is 0.987. The third-order valence-corrected chi connectivity index (χ3v) is 4.20. The molecule has 0 radical (unpaired) electrons. The number of fused-ring (bicyclic) bond motifs is 1. The van der Waals surface area contributed by atoms with E-state index in [1.54, 1.807) is 4.57 Å². The molecule has 2 aromatic heterocycles. The number of aromatic amines is 1. The van der Waals surface area contributed by atoms with Crippen LogP contribution in [0.2, 0.25) is 0 Å². The number of nitrogens with one attached hydrogen (secondary N) is 1. The Labute approximate surface area is 132 Å². The Morgan fingerprint density at radius 2 is 2.23 bits per heavy atom. The Bertz CT molecular complexity index is 730. The monoisotopic (exact) mass is 325 g/mol. The molecule has 8 nitrogen and oxygen atoms in total. The number of nitrogens with two attached hydrogens (primary N) is 1. The van der Waals surface area contributed by atoms with Gasteiger partial charge in [0.2, 0.25) is 0 Å². The summed E-state index contributed by atoms with van der Waals surface area (Å²) in [5, 5.41) is 20.4. The number of aromatic nitrogens is 4. The number of unbranched alkanes of at least 4 members (excludes halogenated alkanes) is 1. The zero-order valence-corrected chi connectivity index (χ0v) is 13.0. The summed E-state index contributed by atoms with van der Waals surface area (Å²) in [6.45, 7) is 2.06. The molecule has 1 saturated heterocycles. The summed E-state index contributed by atoms with van der Waals surface area (Å²) < 4.78 is 7.71. The molecule has 3 heterocycles. The molecule has 1 fully saturated rings. The van der Waals surface area contributed by atoms with Crippen LogP contribution >= 0.6 is 12.2 Å². The second-order valence-corrected chi connectivity index (χ2v) is 5.85.